The molecule has 1 amide bonds. The number of ether oxygens (including phenoxy) is 1. The van der Waals surface area contributed by atoms with Gasteiger partial charge in [-0.2, -0.15) is 4.31 Å². The van der Waals surface area contributed by atoms with Crippen molar-refractivity contribution in [2.75, 3.05) is 39.9 Å². The Bertz CT molecular complexity index is 874. The highest BCUT2D eigenvalue weighted by Crippen LogP contribution is 2.25. The number of rotatable bonds is 7. The van der Waals surface area contributed by atoms with Gasteiger partial charge in [0, 0.05) is 49.9 Å². The molecule has 0 spiro atoms. The number of carbonyl (C=O) groups excluding carboxylic acids is 1. The number of sulfonamides is 1. The average molecular weight is 377 g/mol. The second-order valence-corrected chi connectivity index (χ2v) is 8.18. The molecule has 0 radical (unpaired) electrons. The van der Waals surface area contributed by atoms with Crippen LogP contribution in [0.3, 0.4) is 0 Å². The van der Waals surface area contributed by atoms with Gasteiger partial charge in [0.25, 0.3) is 0 Å². The fourth-order valence-electron chi connectivity index (χ4n) is 3.15. The van der Waals surface area contributed by atoms with Crippen LogP contribution in [-0.2, 0) is 19.6 Å². The largest absolute Gasteiger partial charge is 0.383 e. The van der Waals surface area contributed by atoms with E-state index in [1.54, 1.807) is 35.5 Å². The van der Waals surface area contributed by atoms with Crippen LogP contribution in [0.1, 0.15) is 12.8 Å². The van der Waals surface area contributed by atoms with Crippen molar-refractivity contribution in [3.8, 4) is 0 Å². The molecule has 0 unspecified atom stereocenters. The molecule has 1 aromatic carbocycles. The summed E-state index contributed by atoms with van der Waals surface area (Å²) in [7, 11) is -2.34. The van der Waals surface area contributed by atoms with E-state index in [1.165, 1.54) is 11.4 Å². The van der Waals surface area contributed by atoms with Crippen LogP contribution in [0.4, 0.5) is 0 Å². The second-order valence-electron chi connectivity index (χ2n) is 6.27. The maximum atomic E-state index is 13.3. The van der Waals surface area contributed by atoms with E-state index in [4.69, 9.17) is 4.74 Å². The minimum absolute atomic E-state index is 0.125. The molecule has 0 saturated carbocycles. The van der Waals surface area contributed by atoms with Gasteiger partial charge in [-0.15, -0.1) is 0 Å². The number of hydrogen-bond acceptors (Lipinski definition) is 5. The van der Waals surface area contributed by atoms with Crippen LogP contribution in [0.15, 0.2) is 41.6 Å². The molecule has 0 N–H and O–H groups in total. The fraction of sp³-hybridized carbons (Fsp3) is 0.444. The quantitative estimate of drug-likeness (QED) is 0.730. The molecule has 26 heavy (non-hydrogen) atoms. The van der Waals surface area contributed by atoms with Crippen molar-refractivity contribution in [1.29, 1.82) is 0 Å². The first-order chi connectivity index (χ1) is 12.5. The van der Waals surface area contributed by atoms with Gasteiger partial charge in [-0.05, 0) is 25.0 Å². The van der Waals surface area contributed by atoms with Crippen LogP contribution in [-0.4, -0.2) is 68.4 Å². The van der Waals surface area contributed by atoms with Crippen LogP contribution >= 0.6 is 0 Å². The van der Waals surface area contributed by atoms with Crippen molar-refractivity contribution in [1.82, 2.24) is 14.2 Å². The third kappa shape index (κ3) is 3.87. The number of methoxy groups -OCH3 is 1. The van der Waals surface area contributed by atoms with Crippen LogP contribution in [0.25, 0.3) is 10.8 Å². The van der Waals surface area contributed by atoms with Crippen molar-refractivity contribution in [3.63, 3.8) is 0 Å². The molecule has 1 fully saturated rings. The van der Waals surface area contributed by atoms with Crippen LogP contribution < -0.4 is 0 Å². The SMILES string of the molecule is COCCN(CC(=O)N1CCCC1)S(=O)(=O)c1cccc2cnccc12. The molecule has 8 heteroatoms. The normalized spacial score (nSPS) is 15.1. The summed E-state index contributed by atoms with van der Waals surface area (Å²) in [4.78, 5) is 18.5. The number of benzene rings is 1. The third-order valence-electron chi connectivity index (χ3n) is 4.57. The molecule has 1 aliphatic rings. The molecular weight excluding hydrogens is 354 g/mol. The Balaban J connectivity index is 1.94. The predicted molar refractivity (Wildman–Crippen MR) is 98.2 cm³/mol. The number of likely N-dealkylation sites (tertiary alicyclic amines) is 1. The van der Waals surface area contributed by atoms with Crippen LogP contribution in [0.5, 0.6) is 0 Å². The summed E-state index contributed by atoms with van der Waals surface area (Å²) in [5.41, 5.74) is 0. The monoisotopic (exact) mass is 377 g/mol. The molecule has 1 saturated heterocycles. The van der Waals surface area contributed by atoms with E-state index >= 15 is 0 Å². The van der Waals surface area contributed by atoms with E-state index in [0.717, 1.165) is 18.2 Å². The standard InChI is InChI=1S/C18H23N3O4S/c1-25-12-11-21(14-18(22)20-9-2-3-10-20)26(23,24)17-6-4-5-15-13-19-8-7-16(15)17/h4-8,13H,2-3,9-12,14H2,1H3. The molecule has 0 aliphatic carbocycles. The Morgan fingerprint density at radius 1 is 1.27 bits per heavy atom. The maximum absolute atomic E-state index is 13.3. The molecule has 7 nitrogen and oxygen atoms in total. The molecular formula is C18H23N3O4S. The van der Waals surface area contributed by atoms with Gasteiger partial charge in [0.2, 0.25) is 15.9 Å². The van der Waals surface area contributed by atoms with Crippen LogP contribution in [0, 0.1) is 0 Å². The summed E-state index contributed by atoms with van der Waals surface area (Å²) in [6.07, 6.45) is 5.12. The number of aromatic nitrogens is 1. The Morgan fingerprint density at radius 3 is 2.77 bits per heavy atom. The van der Waals surface area contributed by atoms with Gasteiger partial charge in [0.05, 0.1) is 18.0 Å². The summed E-state index contributed by atoms with van der Waals surface area (Å²) in [6.45, 7) is 1.56. The molecule has 0 atom stereocenters. The summed E-state index contributed by atoms with van der Waals surface area (Å²) >= 11 is 0. The lowest BCUT2D eigenvalue weighted by Crippen LogP contribution is -2.43. The third-order valence-corrected chi connectivity index (χ3v) is 6.48. The zero-order valence-electron chi connectivity index (χ0n) is 14.8. The van der Waals surface area contributed by atoms with E-state index in [0.29, 0.717) is 18.5 Å². The first-order valence-electron chi connectivity index (χ1n) is 8.63. The summed E-state index contributed by atoms with van der Waals surface area (Å²) < 4.78 is 32.8. The number of carbonyl (C=O) groups is 1. The molecule has 1 aromatic heterocycles. The van der Waals surface area contributed by atoms with Gasteiger partial charge in [0.1, 0.15) is 0 Å². The van der Waals surface area contributed by atoms with Crippen molar-refractivity contribution < 1.29 is 17.9 Å². The van der Waals surface area contributed by atoms with Crippen molar-refractivity contribution in [3.05, 3.63) is 36.7 Å². The van der Waals surface area contributed by atoms with E-state index in [2.05, 4.69) is 4.98 Å². The Morgan fingerprint density at radius 2 is 2.04 bits per heavy atom. The van der Waals surface area contributed by atoms with E-state index in [9.17, 15) is 13.2 Å². The van der Waals surface area contributed by atoms with E-state index in [-0.39, 0.29) is 30.5 Å². The van der Waals surface area contributed by atoms with E-state index in [1.807, 2.05) is 6.07 Å². The molecule has 1 aliphatic heterocycles. The minimum Gasteiger partial charge on any atom is -0.383 e. The molecule has 2 heterocycles. The van der Waals surface area contributed by atoms with Crippen molar-refractivity contribution in [2.45, 2.75) is 17.7 Å². The molecule has 3 rings (SSSR count). The highest BCUT2D eigenvalue weighted by molar-refractivity contribution is 7.89. The first kappa shape index (κ1) is 18.8. The zero-order valence-corrected chi connectivity index (χ0v) is 15.6. The lowest BCUT2D eigenvalue weighted by atomic mass is 10.2. The smallest absolute Gasteiger partial charge is 0.244 e. The zero-order chi connectivity index (χ0) is 18.6. The highest BCUT2D eigenvalue weighted by Gasteiger charge is 2.30. The maximum Gasteiger partial charge on any atom is 0.244 e. The predicted octanol–water partition coefficient (Wildman–Crippen LogP) is 1.49. The number of hydrogen-bond donors (Lipinski definition) is 0. The number of fused-ring (bicyclic) bond motifs is 1. The Hall–Kier alpha value is -2.03. The first-order valence-corrected chi connectivity index (χ1v) is 10.1. The average Bonchev–Trinajstić information content (AvgIpc) is 3.19. The lowest BCUT2D eigenvalue weighted by molar-refractivity contribution is -0.130. The summed E-state index contributed by atoms with van der Waals surface area (Å²) in [5, 5.41) is 1.34. The highest BCUT2D eigenvalue weighted by atomic mass is 32.2. The summed E-state index contributed by atoms with van der Waals surface area (Å²) in [6, 6.07) is 6.75. The molecule has 2 aromatic rings. The lowest BCUT2D eigenvalue weighted by Gasteiger charge is -2.25. The summed E-state index contributed by atoms with van der Waals surface area (Å²) in [5.74, 6) is -0.163. The number of pyridine rings is 1. The molecule has 0 bridgehead atoms. The minimum atomic E-state index is -3.85. The second kappa shape index (κ2) is 8.11. The van der Waals surface area contributed by atoms with Gasteiger partial charge >= 0.3 is 0 Å². The van der Waals surface area contributed by atoms with Crippen LogP contribution in [0.2, 0.25) is 0 Å². The van der Waals surface area contributed by atoms with Gasteiger partial charge in [-0.1, -0.05) is 12.1 Å². The fourth-order valence-corrected chi connectivity index (χ4v) is 4.74. The van der Waals surface area contributed by atoms with Gasteiger partial charge in [-0.25, -0.2) is 8.42 Å². The van der Waals surface area contributed by atoms with Crippen molar-refractivity contribution >= 4 is 26.7 Å². The topological polar surface area (TPSA) is 79.8 Å². The van der Waals surface area contributed by atoms with Gasteiger partial charge in [-0.3, -0.25) is 9.78 Å². The Labute approximate surface area is 153 Å². The number of nitrogens with zero attached hydrogens (tertiary/aromatic N) is 3. The van der Waals surface area contributed by atoms with Gasteiger partial charge in [0.15, 0.2) is 0 Å². The van der Waals surface area contributed by atoms with E-state index < -0.39 is 10.0 Å². The Kier molecular flexibility index (Phi) is 5.85. The van der Waals surface area contributed by atoms with Crippen molar-refractivity contribution in [2.24, 2.45) is 0 Å². The molecule has 140 valence electrons. The van der Waals surface area contributed by atoms with Gasteiger partial charge < -0.3 is 9.64 Å². The number of amides is 1.